The average Bonchev–Trinajstić information content (AvgIpc) is 0.672. The Kier molecular flexibility index (Phi) is 168. The van der Waals surface area contributed by atoms with Crippen LogP contribution in [0.1, 0.15) is 467 Å². The first-order chi connectivity index (χ1) is 49.5. The van der Waals surface area contributed by atoms with Gasteiger partial charge in [0.1, 0.15) is 19.3 Å². The molecule has 0 aliphatic heterocycles. The first kappa shape index (κ1) is 153. The lowest BCUT2D eigenvalue weighted by atomic mass is 9.33. The average molecular weight is 1490 g/mol. The first-order valence-corrected chi connectivity index (χ1v) is 44.7. The van der Waals surface area contributed by atoms with E-state index >= 15 is 0 Å². The Bertz CT molecular complexity index is 1660. The van der Waals surface area contributed by atoms with E-state index in [1.165, 1.54) is 12.0 Å². The molecule has 3 N–H and O–H groups in total. The Hall–Kier alpha value is -2.75. The van der Waals surface area contributed by atoms with Gasteiger partial charge in [-0.2, -0.15) is 0 Å². The van der Waals surface area contributed by atoms with Crippen molar-refractivity contribution in [2.24, 2.45) is 50.2 Å². The number of aliphatic hydroxyl groups is 3. The minimum absolute atomic E-state index is 0.0743. The van der Waals surface area contributed by atoms with E-state index in [4.69, 9.17) is 14.2 Å². The maximum Gasteiger partial charge on any atom is 0.333 e. The van der Waals surface area contributed by atoms with Crippen molar-refractivity contribution in [3.05, 3.63) is 46.6 Å². The number of carbonyl (C=O) groups is 3. The Morgan fingerprint density at radius 2 is 0.709 bits per heavy atom. The number of rotatable bonds is 8. The van der Waals surface area contributed by atoms with Gasteiger partial charge in [-0.1, -0.05) is 410 Å². The Morgan fingerprint density at radius 3 is 1.01 bits per heavy atom. The van der Waals surface area contributed by atoms with Crippen LogP contribution >= 0.6 is 0 Å². The zero-order valence-electron chi connectivity index (χ0n) is 83.7. The molecule has 12 atom stereocenters. The van der Waals surface area contributed by atoms with Crippen LogP contribution in [0.25, 0.3) is 0 Å². The smallest absolute Gasteiger partial charge is 0.333 e. The van der Waals surface area contributed by atoms with Crippen molar-refractivity contribution < 1.29 is 43.9 Å². The van der Waals surface area contributed by atoms with E-state index in [0.29, 0.717) is 36.0 Å². The molecule has 0 aromatic heterocycles. The molecule has 0 bridgehead atoms. The summed E-state index contributed by atoms with van der Waals surface area (Å²) in [5, 5.41) is 36.0. The molecule has 9 nitrogen and oxygen atoms in total. The van der Waals surface area contributed by atoms with E-state index in [-0.39, 0.29) is 53.7 Å². The van der Waals surface area contributed by atoms with Crippen molar-refractivity contribution in [1.82, 2.24) is 0 Å². The zero-order valence-corrected chi connectivity index (χ0v) is 83.7. The molecule has 0 aromatic rings. The largest absolute Gasteiger partial charge is 0.462 e. The molecule has 644 valence electrons. The Balaban J connectivity index is -0.0000000660. The molecule has 5 aliphatic rings. The van der Waals surface area contributed by atoms with Crippen LogP contribution in [-0.4, -0.2) is 70.9 Å². The number of allylic oxidation sites excluding steroid dienone is 5. The van der Waals surface area contributed by atoms with Gasteiger partial charge in [-0.05, 0) is 126 Å². The molecule has 9 heteroatoms. The summed E-state index contributed by atoms with van der Waals surface area (Å²) >= 11 is 0. The van der Waals surface area contributed by atoms with Gasteiger partial charge in [-0.25, -0.2) is 14.4 Å². The van der Waals surface area contributed by atoms with Crippen LogP contribution < -0.4 is 0 Å². The standard InChI is InChI=1S/C45H68O9.C3H8.23C2H6/c1-13-26(4)37(49)52-24-42(10)31-18-21-43(11)32(41(31,9)20-19-34(42)54-39(51)28(6)15-3)17-16-29-30-22-40(7,8)35(47)36(48)45(30,33(46)23-44(29,43)12)25-53-38(50)27(5)14-2;1-3-2;23*1-2/h13-16,30-36,46-48H,17-25H2,1-12H3;3H2,1-2H3;23*1-2H3/b26-13-,27-14-,28-15-;;;;;;;;;;;;;;;;;;;;;;;;/t30?,31?,32?,33-,34+,35+,36+,41+,42-,43-,44-,45+;;;;;;;;;;;;;;;;;;;;;;;;/m1......................../s1. The van der Waals surface area contributed by atoms with Crippen LogP contribution in [0.2, 0.25) is 0 Å². The van der Waals surface area contributed by atoms with Gasteiger partial charge >= 0.3 is 17.9 Å². The second kappa shape index (κ2) is 113. The van der Waals surface area contributed by atoms with Crippen molar-refractivity contribution in [2.45, 2.75) is 491 Å². The summed E-state index contributed by atoms with van der Waals surface area (Å²) < 4.78 is 18.2. The number of carbonyl (C=O) groups excluding carboxylic acids is 3. The summed E-state index contributed by atoms with van der Waals surface area (Å²) in [4.78, 5) is 39.3. The van der Waals surface area contributed by atoms with Crippen LogP contribution in [0.3, 0.4) is 0 Å². The molecule has 5 aliphatic carbocycles. The van der Waals surface area contributed by atoms with E-state index < -0.39 is 52.0 Å². The summed E-state index contributed by atoms with van der Waals surface area (Å²) in [5.41, 5.74) is -0.784. The summed E-state index contributed by atoms with van der Waals surface area (Å²) in [6, 6.07) is 0. The van der Waals surface area contributed by atoms with Gasteiger partial charge in [-0.3, -0.25) is 0 Å². The van der Waals surface area contributed by atoms with Gasteiger partial charge in [0, 0.05) is 22.1 Å². The number of hydrogen-bond acceptors (Lipinski definition) is 9. The summed E-state index contributed by atoms with van der Waals surface area (Å²) in [7, 11) is 0. The predicted octanol–water partition coefficient (Wildman–Crippen LogP) is 32.6. The molecule has 0 spiro atoms. The normalized spacial score (nSPS) is 24.2. The molecule has 0 radical (unpaired) electrons. The topological polar surface area (TPSA) is 140 Å². The summed E-state index contributed by atoms with van der Waals surface area (Å²) in [6.07, 6.45) is 9.69. The molecule has 4 fully saturated rings. The third-order valence-corrected chi connectivity index (χ3v) is 16.4. The minimum Gasteiger partial charge on any atom is -0.462 e. The number of hydrogen-bond donors (Lipinski definition) is 3. The van der Waals surface area contributed by atoms with E-state index in [1.54, 1.807) is 45.9 Å². The lowest BCUT2D eigenvalue weighted by Crippen LogP contribution is -2.72. The SMILES string of the molecule is C/C=C(/C)C(=O)OC[C@@]12C(CC(C)(C)[C@@H](O)[C@@H]1O)C1=CCC3[C@@]4(C)CC[C@H](OC(=O)/C(C)=C\C)[C@](C)(COC(=O)/C(C)=C\C)C4CC[C@@]3(C)[C@]1(C)C[C@H]2O.CC.CC.CC.CC.CC.CC.CC.CC.CC.CC.CC.CC.CC.CC.CC.CC.CC.CC.CC.CC.CC.CC.CC.CCC. The second-order valence-corrected chi connectivity index (χ2v) is 20.0. The van der Waals surface area contributed by atoms with Gasteiger partial charge in [0.15, 0.2) is 0 Å². The van der Waals surface area contributed by atoms with Gasteiger partial charge in [0.05, 0.1) is 23.7 Å². The molecule has 0 amide bonds. The molecule has 3 unspecified atom stereocenters. The molecule has 4 saturated carbocycles. The highest BCUT2D eigenvalue weighted by molar-refractivity contribution is 5.88. The van der Waals surface area contributed by atoms with Crippen molar-refractivity contribution in [3.63, 3.8) is 0 Å². The minimum atomic E-state index is -1.30. The maximum absolute atomic E-state index is 13.2. The van der Waals surface area contributed by atoms with E-state index in [2.05, 4.69) is 47.6 Å². The predicted molar refractivity (Wildman–Crippen MR) is 485 cm³/mol. The fraction of sp³-hybridized carbons (Fsp3) is 0.883. The Morgan fingerprint density at radius 1 is 0.417 bits per heavy atom. The summed E-state index contributed by atoms with van der Waals surface area (Å²) in [5.74, 6) is -1.27. The van der Waals surface area contributed by atoms with Crippen LogP contribution in [0.5, 0.6) is 0 Å². The molecule has 5 rings (SSSR count). The highest BCUT2D eigenvalue weighted by Gasteiger charge is 2.73. The van der Waals surface area contributed by atoms with E-state index in [9.17, 15) is 29.7 Å². The monoisotopic (exact) mass is 1490 g/mol. The maximum atomic E-state index is 13.2. The van der Waals surface area contributed by atoms with E-state index in [1.807, 2.05) is 346 Å². The number of ether oxygens (including phenoxy) is 3. The molecule has 0 saturated heterocycles. The lowest BCUT2D eigenvalue weighted by molar-refractivity contribution is -0.261. The highest BCUT2D eigenvalue weighted by Crippen LogP contribution is 2.76. The van der Waals surface area contributed by atoms with Crippen LogP contribution in [0.15, 0.2) is 46.6 Å². The van der Waals surface area contributed by atoms with Gasteiger partial charge in [0.2, 0.25) is 0 Å². The molecular weight excluding hydrogens is 1270 g/mol. The first-order valence-electron chi connectivity index (χ1n) is 44.7. The summed E-state index contributed by atoms with van der Waals surface area (Å²) in [6.45, 7) is 120. The van der Waals surface area contributed by atoms with Crippen LogP contribution in [0, 0.1) is 50.2 Å². The van der Waals surface area contributed by atoms with Crippen molar-refractivity contribution in [2.75, 3.05) is 13.2 Å². The number of aliphatic hydroxyl groups excluding tert-OH is 3. The molecule has 103 heavy (non-hydrogen) atoms. The van der Waals surface area contributed by atoms with E-state index in [0.717, 1.165) is 25.7 Å². The quantitative estimate of drug-likeness (QED) is 0.0938. The van der Waals surface area contributed by atoms with Crippen molar-refractivity contribution in [1.29, 1.82) is 0 Å². The highest BCUT2D eigenvalue weighted by atomic mass is 16.6. The van der Waals surface area contributed by atoms with Crippen molar-refractivity contribution in [3.8, 4) is 0 Å². The molecule has 0 aromatic carbocycles. The van der Waals surface area contributed by atoms with Gasteiger partial charge < -0.3 is 29.5 Å². The third kappa shape index (κ3) is 51.3. The van der Waals surface area contributed by atoms with Gasteiger partial charge in [-0.15, -0.1) is 0 Å². The lowest BCUT2D eigenvalue weighted by Gasteiger charge is -2.72. The zero-order chi connectivity index (χ0) is 89.1. The Labute approximate surface area is 659 Å². The van der Waals surface area contributed by atoms with Crippen LogP contribution in [-0.2, 0) is 28.6 Å². The van der Waals surface area contributed by atoms with Crippen molar-refractivity contribution >= 4 is 17.9 Å². The molecular formula is C94H214O9. The van der Waals surface area contributed by atoms with Gasteiger partial charge in [0.25, 0.3) is 0 Å². The third-order valence-electron chi connectivity index (χ3n) is 16.4. The second-order valence-electron chi connectivity index (χ2n) is 20.0. The fourth-order valence-corrected chi connectivity index (χ4v) is 12.3. The number of fused-ring (bicyclic) bond motifs is 7. The fourth-order valence-electron chi connectivity index (χ4n) is 12.3. The number of esters is 3. The molecule has 0 heterocycles. The van der Waals surface area contributed by atoms with Crippen LogP contribution in [0.4, 0.5) is 0 Å².